The molecule has 0 aromatic heterocycles. The van der Waals surface area contributed by atoms with Crippen LogP contribution in [0.5, 0.6) is 0 Å². The van der Waals surface area contributed by atoms with Crippen molar-refractivity contribution >= 4 is 17.4 Å². The lowest BCUT2D eigenvalue weighted by molar-refractivity contribution is 0.0980. The highest BCUT2D eigenvalue weighted by atomic mass is 35.5. The number of hydrogen-bond acceptors (Lipinski definition) is 1. The van der Waals surface area contributed by atoms with Crippen LogP contribution in [0.25, 0.3) is 0 Å². The molecule has 0 fully saturated rings. The Kier molecular flexibility index (Phi) is 4.50. The third-order valence-electron chi connectivity index (χ3n) is 2.06. The third kappa shape index (κ3) is 3.17. The predicted molar refractivity (Wildman–Crippen MR) is 59.8 cm³/mol. The first kappa shape index (κ1) is 11.9. The maximum absolute atomic E-state index is 13.0. The highest BCUT2D eigenvalue weighted by Crippen LogP contribution is 2.21. The molecule has 0 bridgehead atoms. The fraction of sp³-hybridized carbons (Fsp3) is 0.250. The second-order valence-corrected chi connectivity index (χ2v) is 3.58. The van der Waals surface area contributed by atoms with Crippen molar-refractivity contribution in [1.82, 2.24) is 0 Å². The summed E-state index contributed by atoms with van der Waals surface area (Å²) >= 11 is 5.68. The van der Waals surface area contributed by atoms with Crippen LogP contribution in [-0.4, -0.2) is 5.78 Å². The monoisotopic (exact) mass is 226 g/mol. The molecule has 0 atom stereocenters. The van der Waals surface area contributed by atoms with Gasteiger partial charge >= 0.3 is 0 Å². The molecule has 1 nitrogen and oxygen atoms in total. The van der Waals surface area contributed by atoms with Crippen molar-refractivity contribution in [2.24, 2.45) is 0 Å². The summed E-state index contributed by atoms with van der Waals surface area (Å²) in [5.41, 5.74) is 0.265. The van der Waals surface area contributed by atoms with Gasteiger partial charge in [0.1, 0.15) is 5.82 Å². The van der Waals surface area contributed by atoms with Crippen molar-refractivity contribution in [3.63, 3.8) is 0 Å². The number of hydrogen-bond donors (Lipinski definition) is 0. The lowest BCUT2D eigenvalue weighted by Gasteiger charge is -2.03. The fourth-order valence-electron chi connectivity index (χ4n) is 1.26. The number of rotatable bonds is 5. The summed E-state index contributed by atoms with van der Waals surface area (Å²) in [6.45, 7) is 3.56. The van der Waals surface area contributed by atoms with Gasteiger partial charge in [-0.05, 0) is 25.0 Å². The molecular weight excluding hydrogens is 215 g/mol. The Morgan fingerprint density at radius 3 is 2.93 bits per heavy atom. The highest BCUT2D eigenvalue weighted by molar-refractivity contribution is 6.34. The largest absolute Gasteiger partial charge is 0.294 e. The molecule has 0 aliphatic heterocycles. The van der Waals surface area contributed by atoms with Crippen molar-refractivity contribution in [2.45, 2.75) is 19.3 Å². The van der Waals surface area contributed by atoms with Gasteiger partial charge in [-0.1, -0.05) is 23.7 Å². The molecule has 0 N–H and O–H groups in total. The Hall–Kier alpha value is -1.15. The molecule has 15 heavy (non-hydrogen) atoms. The van der Waals surface area contributed by atoms with Crippen molar-refractivity contribution < 1.29 is 9.18 Å². The molecule has 0 aliphatic rings. The van der Waals surface area contributed by atoms with Gasteiger partial charge in [-0.2, -0.15) is 0 Å². The number of allylic oxidation sites excluding steroid dienone is 1. The van der Waals surface area contributed by atoms with E-state index in [1.54, 1.807) is 12.1 Å². The van der Waals surface area contributed by atoms with Gasteiger partial charge in [-0.15, -0.1) is 6.58 Å². The molecule has 0 spiro atoms. The molecule has 0 aliphatic carbocycles. The normalized spacial score (nSPS) is 10.0. The Bertz CT molecular complexity index is 374. The molecule has 1 rings (SSSR count). The summed E-state index contributed by atoms with van der Waals surface area (Å²) < 4.78 is 13.0. The zero-order valence-electron chi connectivity index (χ0n) is 8.30. The van der Waals surface area contributed by atoms with Crippen LogP contribution in [0.3, 0.4) is 0 Å². The Morgan fingerprint density at radius 2 is 2.27 bits per heavy atom. The van der Waals surface area contributed by atoms with Crippen LogP contribution in [0.4, 0.5) is 4.39 Å². The van der Waals surface area contributed by atoms with Crippen LogP contribution in [0, 0.1) is 5.82 Å². The van der Waals surface area contributed by atoms with Crippen molar-refractivity contribution in [3.05, 3.63) is 47.3 Å². The molecular formula is C12H12ClFO. The zero-order chi connectivity index (χ0) is 11.3. The van der Waals surface area contributed by atoms with Crippen LogP contribution in [0.2, 0.25) is 5.02 Å². The minimum atomic E-state index is -0.550. The minimum absolute atomic E-state index is 0.0823. The molecule has 80 valence electrons. The smallest absolute Gasteiger partial charge is 0.164 e. The Balaban J connectivity index is 2.73. The summed E-state index contributed by atoms with van der Waals surface area (Å²) in [5.74, 6) is -0.674. The van der Waals surface area contributed by atoms with Crippen molar-refractivity contribution in [1.29, 1.82) is 0 Å². The van der Waals surface area contributed by atoms with E-state index < -0.39 is 5.82 Å². The first-order valence-electron chi connectivity index (χ1n) is 4.75. The van der Waals surface area contributed by atoms with E-state index in [9.17, 15) is 9.18 Å². The topological polar surface area (TPSA) is 17.1 Å². The van der Waals surface area contributed by atoms with E-state index >= 15 is 0 Å². The van der Waals surface area contributed by atoms with Gasteiger partial charge in [-0.3, -0.25) is 4.79 Å². The SMILES string of the molecule is C=CCCCC(=O)c1cccc(F)c1Cl. The lowest BCUT2D eigenvalue weighted by Crippen LogP contribution is -2.00. The minimum Gasteiger partial charge on any atom is -0.294 e. The quantitative estimate of drug-likeness (QED) is 0.421. The highest BCUT2D eigenvalue weighted by Gasteiger charge is 2.12. The number of carbonyl (C=O) groups excluding carboxylic acids is 1. The lowest BCUT2D eigenvalue weighted by atomic mass is 10.1. The summed E-state index contributed by atoms with van der Waals surface area (Å²) in [5, 5.41) is -0.0823. The Labute approximate surface area is 93.6 Å². The van der Waals surface area contributed by atoms with Gasteiger partial charge < -0.3 is 0 Å². The maximum atomic E-state index is 13.0. The average molecular weight is 227 g/mol. The van der Waals surface area contributed by atoms with Crippen LogP contribution < -0.4 is 0 Å². The Morgan fingerprint density at radius 1 is 1.53 bits per heavy atom. The number of ketones is 1. The van der Waals surface area contributed by atoms with Crippen LogP contribution in [0.15, 0.2) is 30.9 Å². The van der Waals surface area contributed by atoms with E-state index in [2.05, 4.69) is 6.58 Å². The zero-order valence-corrected chi connectivity index (χ0v) is 9.06. The standard InChI is InChI=1S/C12H12ClFO/c1-2-3-4-8-11(15)9-6-5-7-10(14)12(9)13/h2,5-7H,1,3-4,8H2. The van der Waals surface area contributed by atoms with E-state index in [0.29, 0.717) is 6.42 Å². The summed E-state index contributed by atoms with van der Waals surface area (Å²) in [6, 6.07) is 4.27. The molecule has 0 radical (unpaired) electrons. The van der Waals surface area contributed by atoms with Gasteiger partial charge in [0, 0.05) is 12.0 Å². The third-order valence-corrected chi connectivity index (χ3v) is 2.45. The molecule has 0 amide bonds. The summed E-state index contributed by atoms with van der Waals surface area (Å²) in [6.07, 6.45) is 3.61. The second-order valence-electron chi connectivity index (χ2n) is 3.21. The predicted octanol–water partition coefficient (Wildman–Crippen LogP) is 4.02. The van der Waals surface area contributed by atoms with Gasteiger partial charge in [0.25, 0.3) is 0 Å². The van der Waals surface area contributed by atoms with Crippen molar-refractivity contribution in [3.8, 4) is 0 Å². The van der Waals surface area contributed by atoms with Crippen LogP contribution >= 0.6 is 11.6 Å². The second kappa shape index (κ2) is 5.66. The number of halogens is 2. The molecule has 0 saturated carbocycles. The van der Waals surface area contributed by atoms with Crippen molar-refractivity contribution in [2.75, 3.05) is 0 Å². The van der Waals surface area contributed by atoms with E-state index in [1.165, 1.54) is 12.1 Å². The number of carbonyl (C=O) groups is 1. The van der Waals surface area contributed by atoms with E-state index in [0.717, 1.165) is 12.8 Å². The van der Waals surface area contributed by atoms with E-state index in [4.69, 9.17) is 11.6 Å². The van der Waals surface area contributed by atoms with Crippen LogP contribution in [0.1, 0.15) is 29.6 Å². The van der Waals surface area contributed by atoms with Gasteiger partial charge in [0.05, 0.1) is 5.02 Å². The van der Waals surface area contributed by atoms with Crippen LogP contribution in [-0.2, 0) is 0 Å². The fourth-order valence-corrected chi connectivity index (χ4v) is 1.49. The first-order chi connectivity index (χ1) is 7.16. The molecule has 1 aromatic rings. The van der Waals surface area contributed by atoms with E-state index in [-0.39, 0.29) is 16.4 Å². The van der Waals surface area contributed by atoms with Gasteiger partial charge in [-0.25, -0.2) is 4.39 Å². The summed E-state index contributed by atoms with van der Waals surface area (Å²) in [7, 11) is 0. The molecule has 0 heterocycles. The molecule has 3 heteroatoms. The number of Topliss-reactive ketones (excluding diaryl/α,β-unsaturated/α-hetero) is 1. The summed E-state index contributed by atoms with van der Waals surface area (Å²) in [4.78, 5) is 11.6. The average Bonchev–Trinajstić information content (AvgIpc) is 2.22. The first-order valence-corrected chi connectivity index (χ1v) is 5.12. The van der Waals surface area contributed by atoms with Gasteiger partial charge in [0.15, 0.2) is 5.78 Å². The molecule has 1 aromatic carbocycles. The van der Waals surface area contributed by atoms with Gasteiger partial charge in [0.2, 0.25) is 0 Å². The molecule has 0 unspecified atom stereocenters. The maximum Gasteiger partial charge on any atom is 0.164 e. The number of benzene rings is 1. The number of unbranched alkanes of at least 4 members (excludes halogenated alkanes) is 1. The molecule has 0 saturated heterocycles. The van der Waals surface area contributed by atoms with E-state index in [1.807, 2.05) is 0 Å².